The van der Waals surface area contributed by atoms with E-state index in [2.05, 4.69) is 14.7 Å². The molecule has 0 spiro atoms. The van der Waals surface area contributed by atoms with Crippen LogP contribution in [0.15, 0.2) is 27.5 Å². The van der Waals surface area contributed by atoms with Crippen molar-refractivity contribution in [2.24, 2.45) is 0 Å². The SMILES string of the molecule is CC(C)(C)OC(=O)N(Cc1ccc(Cl)cc1-c1noc(=O)[nH]1)C(=O)OC(C)(C)C. The minimum Gasteiger partial charge on any atom is -0.443 e. The van der Waals surface area contributed by atoms with Gasteiger partial charge in [-0.05, 0) is 59.2 Å². The Morgan fingerprint density at radius 3 is 2.10 bits per heavy atom. The number of nitrogens with one attached hydrogen (secondary N) is 1. The molecule has 1 aromatic carbocycles. The van der Waals surface area contributed by atoms with Gasteiger partial charge in [-0.3, -0.25) is 9.51 Å². The maximum Gasteiger partial charge on any atom is 0.439 e. The fourth-order valence-corrected chi connectivity index (χ4v) is 2.43. The molecule has 29 heavy (non-hydrogen) atoms. The number of hydrogen-bond donors (Lipinski definition) is 1. The van der Waals surface area contributed by atoms with Gasteiger partial charge in [-0.2, -0.15) is 0 Å². The van der Waals surface area contributed by atoms with Gasteiger partial charge in [0.1, 0.15) is 11.2 Å². The third kappa shape index (κ3) is 6.63. The van der Waals surface area contributed by atoms with Gasteiger partial charge in [-0.15, -0.1) is 0 Å². The lowest BCUT2D eigenvalue weighted by Crippen LogP contribution is -2.43. The van der Waals surface area contributed by atoms with Gasteiger partial charge < -0.3 is 9.47 Å². The molecule has 0 atom stereocenters. The number of benzene rings is 1. The fourth-order valence-electron chi connectivity index (χ4n) is 2.26. The fraction of sp³-hybridized carbons (Fsp3) is 0.474. The van der Waals surface area contributed by atoms with Gasteiger partial charge in [0.15, 0.2) is 5.82 Å². The molecule has 0 saturated carbocycles. The molecule has 0 aliphatic rings. The van der Waals surface area contributed by atoms with E-state index < -0.39 is 29.1 Å². The lowest BCUT2D eigenvalue weighted by Gasteiger charge is -2.29. The highest BCUT2D eigenvalue weighted by molar-refractivity contribution is 6.30. The monoisotopic (exact) mass is 425 g/mol. The van der Waals surface area contributed by atoms with E-state index in [-0.39, 0.29) is 12.4 Å². The summed E-state index contributed by atoms with van der Waals surface area (Å²) in [4.78, 5) is 40.0. The molecule has 9 nitrogen and oxygen atoms in total. The normalized spacial score (nSPS) is 11.8. The van der Waals surface area contributed by atoms with E-state index in [4.69, 9.17) is 21.1 Å². The number of nitrogens with zero attached hydrogens (tertiary/aromatic N) is 2. The Morgan fingerprint density at radius 2 is 1.66 bits per heavy atom. The second-order valence-corrected chi connectivity index (χ2v) is 8.73. The zero-order chi connectivity index (χ0) is 22.0. The van der Waals surface area contributed by atoms with E-state index >= 15 is 0 Å². The highest BCUT2D eigenvalue weighted by atomic mass is 35.5. The van der Waals surface area contributed by atoms with E-state index in [1.807, 2.05) is 0 Å². The average molecular weight is 426 g/mol. The third-order valence-electron chi connectivity index (χ3n) is 3.32. The van der Waals surface area contributed by atoms with Gasteiger partial charge in [-0.25, -0.2) is 19.3 Å². The summed E-state index contributed by atoms with van der Waals surface area (Å²) in [6.45, 7) is 9.92. The van der Waals surface area contributed by atoms with E-state index in [1.54, 1.807) is 53.7 Å². The molecule has 0 aliphatic carbocycles. The molecule has 2 rings (SSSR count). The van der Waals surface area contributed by atoms with Crippen molar-refractivity contribution in [3.63, 3.8) is 0 Å². The van der Waals surface area contributed by atoms with Crippen LogP contribution in [0, 0.1) is 0 Å². The number of aromatic amines is 1. The second kappa shape index (κ2) is 8.28. The number of rotatable bonds is 3. The first-order chi connectivity index (χ1) is 13.2. The molecule has 2 amide bonds. The van der Waals surface area contributed by atoms with E-state index in [0.717, 1.165) is 4.90 Å². The van der Waals surface area contributed by atoms with Crippen molar-refractivity contribution in [1.82, 2.24) is 15.0 Å². The predicted molar refractivity (Wildman–Crippen MR) is 106 cm³/mol. The number of aromatic nitrogens is 2. The molecule has 0 radical (unpaired) electrons. The van der Waals surface area contributed by atoms with Crippen LogP contribution in [0.1, 0.15) is 47.1 Å². The first-order valence-corrected chi connectivity index (χ1v) is 9.21. The molecule has 1 N–H and O–H groups in total. The van der Waals surface area contributed by atoms with Crippen molar-refractivity contribution in [2.45, 2.75) is 59.3 Å². The molecular formula is C19H24ClN3O6. The highest BCUT2D eigenvalue weighted by Gasteiger charge is 2.32. The predicted octanol–water partition coefficient (Wildman–Crippen LogP) is 4.36. The summed E-state index contributed by atoms with van der Waals surface area (Å²) in [6, 6.07) is 4.72. The van der Waals surface area contributed by atoms with Crippen molar-refractivity contribution in [2.75, 3.05) is 0 Å². The maximum absolute atomic E-state index is 12.7. The Labute approximate surface area is 172 Å². The minimum atomic E-state index is -0.874. The summed E-state index contributed by atoms with van der Waals surface area (Å²) in [6.07, 6.45) is -1.75. The second-order valence-electron chi connectivity index (χ2n) is 8.29. The molecule has 1 heterocycles. The molecule has 1 aromatic heterocycles. The van der Waals surface area contributed by atoms with Gasteiger partial charge in [0.25, 0.3) is 0 Å². The molecule has 10 heteroatoms. The number of imide groups is 1. The summed E-state index contributed by atoms with van der Waals surface area (Å²) >= 11 is 6.06. The van der Waals surface area contributed by atoms with Gasteiger partial charge in [-0.1, -0.05) is 22.8 Å². The van der Waals surface area contributed by atoms with Crippen molar-refractivity contribution >= 4 is 23.8 Å². The van der Waals surface area contributed by atoms with Crippen LogP contribution in [-0.4, -0.2) is 38.4 Å². The Bertz CT molecular complexity index is 924. The standard InChI is InChI=1S/C19H24ClN3O6/c1-18(2,3)27-16(25)23(17(26)28-19(4,5)6)10-11-7-8-12(20)9-13(11)14-21-15(24)29-22-14/h7-9H,10H2,1-6H3,(H,21,22,24). The van der Waals surface area contributed by atoms with Crippen LogP contribution < -0.4 is 5.76 Å². The summed E-state index contributed by atoms with van der Waals surface area (Å²) < 4.78 is 15.2. The number of halogens is 1. The molecule has 2 aromatic rings. The van der Waals surface area contributed by atoms with Crippen LogP contribution in [0.3, 0.4) is 0 Å². The number of hydrogen-bond acceptors (Lipinski definition) is 7. The van der Waals surface area contributed by atoms with E-state index in [0.29, 0.717) is 16.1 Å². The zero-order valence-corrected chi connectivity index (χ0v) is 17.9. The first kappa shape index (κ1) is 22.5. The van der Waals surface area contributed by atoms with Crippen LogP contribution in [0.25, 0.3) is 11.4 Å². The minimum absolute atomic E-state index is 0.112. The van der Waals surface area contributed by atoms with Gasteiger partial charge in [0.05, 0.1) is 6.54 Å². The highest BCUT2D eigenvalue weighted by Crippen LogP contribution is 2.26. The topological polar surface area (TPSA) is 115 Å². The molecule has 0 bridgehead atoms. The van der Waals surface area contributed by atoms with Crippen LogP contribution >= 0.6 is 11.6 Å². The average Bonchev–Trinajstić information content (AvgIpc) is 2.96. The van der Waals surface area contributed by atoms with Crippen molar-refractivity contribution < 1.29 is 23.6 Å². The number of ether oxygens (including phenoxy) is 2. The smallest absolute Gasteiger partial charge is 0.439 e. The van der Waals surface area contributed by atoms with Gasteiger partial charge in [0.2, 0.25) is 0 Å². The molecule has 0 saturated heterocycles. The molecule has 0 aliphatic heterocycles. The van der Waals surface area contributed by atoms with Crippen LogP contribution in [-0.2, 0) is 16.0 Å². The Hall–Kier alpha value is -2.81. The number of amides is 2. The van der Waals surface area contributed by atoms with Crippen LogP contribution in [0.5, 0.6) is 0 Å². The number of carbonyl (C=O) groups excluding carboxylic acids is 2. The van der Waals surface area contributed by atoms with Gasteiger partial charge >= 0.3 is 17.9 Å². The summed E-state index contributed by atoms with van der Waals surface area (Å²) in [5.41, 5.74) is -0.786. The zero-order valence-electron chi connectivity index (χ0n) is 17.2. The Kier molecular flexibility index (Phi) is 6.42. The number of H-pyrrole nitrogens is 1. The Balaban J connectivity index is 2.44. The molecule has 0 unspecified atom stereocenters. The van der Waals surface area contributed by atoms with Crippen LogP contribution in [0.4, 0.5) is 9.59 Å². The van der Waals surface area contributed by atoms with Crippen molar-refractivity contribution in [1.29, 1.82) is 0 Å². The maximum atomic E-state index is 12.7. The Morgan fingerprint density at radius 1 is 1.10 bits per heavy atom. The summed E-state index contributed by atoms with van der Waals surface area (Å²) in [5, 5.41) is 4.02. The van der Waals surface area contributed by atoms with Gasteiger partial charge in [0, 0.05) is 10.6 Å². The van der Waals surface area contributed by atoms with Crippen molar-refractivity contribution in [3.05, 3.63) is 39.3 Å². The van der Waals surface area contributed by atoms with Crippen molar-refractivity contribution in [3.8, 4) is 11.4 Å². The number of carbonyl (C=O) groups is 2. The van der Waals surface area contributed by atoms with E-state index in [1.165, 1.54) is 6.07 Å². The molecular weight excluding hydrogens is 402 g/mol. The summed E-state index contributed by atoms with van der Waals surface area (Å²) in [5.74, 6) is -0.636. The first-order valence-electron chi connectivity index (χ1n) is 8.83. The summed E-state index contributed by atoms with van der Waals surface area (Å²) in [7, 11) is 0. The third-order valence-corrected chi connectivity index (χ3v) is 3.56. The largest absolute Gasteiger partial charge is 0.443 e. The quantitative estimate of drug-likeness (QED) is 0.776. The molecule has 0 fully saturated rings. The molecule has 158 valence electrons. The lowest BCUT2D eigenvalue weighted by molar-refractivity contribution is -0.000215. The van der Waals surface area contributed by atoms with E-state index in [9.17, 15) is 14.4 Å². The van der Waals surface area contributed by atoms with Crippen LogP contribution in [0.2, 0.25) is 5.02 Å². The lowest BCUT2D eigenvalue weighted by atomic mass is 10.1.